The van der Waals surface area contributed by atoms with E-state index in [9.17, 15) is 0 Å². The van der Waals surface area contributed by atoms with Crippen LogP contribution in [-0.4, -0.2) is 0 Å². The molecule has 0 saturated heterocycles. The molecule has 0 bridgehead atoms. The summed E-state index contributed by atoms with van der Waals surface area (Å²) in [5.74, 6) is 0. The number of hydrogen-bond donors (Lipinski definition) is 0. The summed E-state index contributed by atoms with van der Waals surface area (Å²) >= 11 is 0. The zero-order chi connectivity index (χ0) is 2.71. The fourth-order valence-electron chi connectivity index (χ4n) is 0. The molecule has 0 atom stereocenters. The Morgan fingerprint density at radius 3 is 0.429 bits per heavy atom. The molecule has 0 N–H and O–H groups in total. The van der Waals surface area contributed by atoms with Gasteiger partial charge in [0.15, 0.2) is 0 Å². The SMILES string of the molecule is [CH2-]O[CH2-].[CH3-].[Y].[Y].[Y].[Y].[Y].[Y].[Y].[Y].[Y].[Y]. The largest absolute Gasteiger partial charge is 0.719 e. The first-order chi connectivity index (χ1) is 1.41. The molecule has 0 aromatic rings. The Balaban J connectivity index is -0.000000000364. The summed E-state index contributed by atoms with van der Waals surface area (Å²) in [5, 5.41) is 0. The van der Waals surface area contributed by atoms with Crippen LogP contribution in [0.5, 0.6) is 0 Å². The van der Waals surface area contributed by atoms with Crippen molar-refractivity contribution in [2.75, 3.05) is 0 Å². The van der Waals surface area contributed by atoms with Crippen molar-refractivity contribution < 1.29 is 332 Å². The van der Waals surface area contributed by atoms with E-state index < -0.39 is 0 Å². The van der Waals surface area contributed by atoms with Gasteiger partial charge in [0.1, 0.15) is 0 Å². The molecule has 58 valence electrons. The maximum absolute atomic E-state index is 3.75. The van der Waals surface area contributed by atoms with Gasteiger partial charge in [-0.15, -0.1) is 0 Å². The van der Waals surface area contributed by atoms with Gasteiger partial charge < -0.3 is 12.2 Å². The minimum atomic E-state index is 0. The zero-order valence-electron chi connectivity index (χ0n) is 8.60. The fourth-order valence-corrected chi connectivity index (χ4v) is 0. The van der Waals surface area contributed by atoms with Gasteiger partial charge >= 0.3 is 0 Å². The molecule has 0 amide bonds. The first-order valence-electron chi connectivity index (χ1n) is 0.577. The van der Waals surface area contributed by atoms with Crippen LogP contribution in [0.1, 0.15) is 0 Å². The van der Waals surface area contributed by atoms with Gasteiger partial charge in [0.25, 0.3) is 0 Å². The van der Waals surface area contributed by atoms with Gasteiger partial charge in [-0.2, -0.15) is 0 Å². The quantitative estimate of drug-likeness (QED) is 0.331. The van der Waals surface area contributed by atoms with Crippen molar-refractivity contribution >= 4 is 0 Å². The van der Waals surface area contributed by atoms with Gasteiger partial charge in [-0.3, -0.25) is 14.2 Å². The monoisotopic (exact) mass is 948 g/mol. The Kier molecular flexibility index (Phi) is 537. The summed E-state index contributed by atoms with van der Waals surface area (Å²) in [5.41, 5.74) is 0. The summed E-state index contributed by atoms with van der Waals surface area (Å²) in [4.78, 5) is 0. The predicted octanol–water partition coefficient (Wildman–Crippen LogP) is 1.01. The minimum Gasteiger partial charge on any atom is -0.719 e. The van der Waals surface area contributed by atoms with Gasteiger partial charge in [0.05, 0.1) is 0 Å². The third-order valence-corrected chi connectivity index (χ3v) is 0. The van der Waals surface area contributed by atoms with Crippen LogP contribution in [0.3, 0.4) is 0 Å². The molecule has 14 heavy (non-hydrogen) atoms. The molecule has 0 unspecified atom stereocenters. The number of ether oxygens (including phenoxy) is 1. The van der Waals surface area contributed by atoms with E-state index >= 15 is 0 Å². The molecular weight excluding hydrogens is 941 g/mol. The van der Waals surface area contributed by atoms with Crippen molar-refractivity contribution in [1.82, 2.24) is 0 Å². The van der Waals surface area contributed by atoms with E-state index in [4.69, 9.17) is 0 Å². The van der Waals surface area contributed by atoms with E-state index in [1.54, 1.807) is 0 Å². The first kappa shape index (κ1) is 85.2. The van der Waals surface area contributed by atoms with Crippen LogP contribution in [-0.2, 0) is 332 Å². The van der Waals surface area contributed by atoms with E-state index in [-0.39, 0.29) is 335 Å². The van der Waals surface area contributed by atoms with Crippen molar-refractivity contribution in [2.24, 2.45) is 0 Å². The molecule has 0 saturated carbocycles. The van der Waals surface area contributed by atoms with E-state index in [0.717, 1.165) is 0 Å². The molecule has 0 aliphatic carbocycles. The first-order valence-corrected chi connectivity index (χ1v) is 0.577. The summed E-state index contributed by atoms with van der Waals surface area (Å²) < 4.78 is 3.75. The Hall–Kier alpha value is 11.0. The Bertz CT molecular complexity index is 15.3. The summed E-state index contributed by atoms with van der Waals surface area (Å²) in [7, 11) is 5.75. The summed E-state index contributed by atoms with van der Waals surface area (Å²) in [6.07, 6.45) is 0. The average Bonchev–Trinajstić information content (AvgIpc) is 0.918. The molecular formula is C3H7OY10-3. The van der Waals surface area contributed by atoms with Crippen LogP contribution in [0.15, 0.2) is 0 Å². The normalized spacial score (nSPS) is 1.29. The van der Waals surface area contributed by atoms with Gasteiger partial charge in [-0.05, 0) is 0 Å². The Morgan fingerprint density at radius 1 is 0.429 bits per heavy atom. The van der Waals surface area contributed by atoms with E-state index in [2.05, 4.69) is 19.0 Å². The van der Waals surface area contributed by atoms with Gasteiger partial charge in [0, 0.05) is 327 Å². The standard InChI is InChI=1S/C2H4O.CH3.10Y/c1-3-2;;;;;;;;;;;/h1-2H2;1H3;;;;;;;;;;/q-2;-1;;;;;;;;;;. The van der Waals surface area contributed by atoms with Crippen molar-refractivity contribution in [2.45, 2.75) is 0 Å². The number of rotatable bonds is 0. The van der Waals surface area contributed by atoms with Crippen molar-refractivity contribution in [3.05, 3.63) is 21.6 Å². The second-order valence-electron chi connectivity index (χ2n) is 0.204. The van der Waals surface area contributed by atoms with Crippen molar-refractivity contribution in [1.29, 1.82) is 0 Å². The van der Waals surface area contributed by atoms with Crippen molar-refractivity contribution in [3.63, 3.8) is 0 Å². The molecule has 0 aliphatic rings. The Labute approximate surface area is 341 Å². The second kappa shape index (κ2) is 88.2. The molecule has 0 fully saturated rings. The zero-order valence-corrected chi connectivity index (χ0v) is 37.0. The van der Waals surface area contributed by atoms with Gasteiger partial charge in [-0.1, -0.05) is 0 Å². The summed E-state index contributed by atoms with van der Waals surface area (Å²) in [6, 6.07) is 0. The molecule has 10 radical (unpaired) electrons. The molecule has 0 aliphatic heterocycles. The predicted molar refractivity (Wildman–Crippen MR) is 18.2 cm³/mol. The average molecular weight is 948 g/mol. The van der Waals surface area contributed by atoms with Gasteiger partial charge in [0.2, 0.25) is 0 Å². The smallest absolute Gasteiger partial charge is 0 e. The topological polar surface area (TPSA) is 9.23 Å². The van der Waals surface area contributed by atoms with Gasteiger partial charge in [-0.25, -0.2) is 0 Å². The molecule has 0 spiro atoms. The second-order valence-corrected chi connectivity index (χ2v) is 0.204. The van der Waals surface area contributed by atoms with E-state index in [0.29, 0.717) is 0 Å². The van der Waals surface area contributed by atoms with E-state index in [1.807, 2.05) is 0 Å². The van der Waals surface area contributed by atoms with Crippen LogP contribution in [0.4, 0.5) is 0 Å². The maximum atomic E-state index is 3.75. The Morgan fingerprint density at radius 2 is 0.429 bits per heavy atom. The van der Waals surface area contributed by atoms with Crippen molar-refractivity contribution in [3.8, 4) is 0 Å². The molecule has 0 heterocycles. The molecule has 1 nitrogen and oxygen atoms in total. The minimum absolute atomic E-state index is 0. The van der Waals surface area contributed by atoms with E-state index in [1.165, 1.54) is 0 Å². The third-order valence-electron chi connectivity index (χ3n) is 0. The molecule has 11 heteroatoms. The van der Waals surface area contributed by atoms with Crippen LogP contribution >= 0.6 is 0 Å². The molecule has 0 aromatic heterocycles. The van der Waals surface area contributed by atoms with Crippen LogP contribution < -0.4 is 0 Å². The van der Waals surface area contributed by atoms with Crippen LogP contribution in [0.2, 0.25) is 0 Å². The third kappa shape index (κ3) is 92.0. The summed E-state index contributed by atoms with van der Waals surface area (Å²) in [6.45, 7) is 0. The fraction of sp³-hybridized carbons (Fsp3) is 0. The number of hydrogen-bond acceptors (Lipinski definition) is 1. The molecule has 0 aromatic carbocycles. The van der Waals surface area contributed by atoms with Crippen LogP contribution in [0, 0.1) is 21.6 Å². The maximum Gasteiger partial charge on any atom is 0 e. The molecule has 0 rings (SSSR count). The van der Waals surface area contributed by atoms with Crippen LogP contribution in [0.25, 0.3) is 0 Å².